The molecule has 0 radical (unpaired) electrons. The Morgan fingerprint density at radius 1 is 1.38 bits per heavy atom. The van der Waals surface area contributed by atoms with Crippen molar-refractivity contribution < 1.29 is 4.74 Å². The summed E-state index contributed by atoms with van der Waals surface area (Å²) >= 11 is 0. The molecule has 0 amide bonds. The van der Waals surface area contributed by atoms with E-state index < -0.39 is 0 Å². The molecule has 2 aliphatic rings. The summed E-state index contributed by atoms with van der Waals surface area (Å²) in [5.74, 6) is 0.808. The highest BCUT2D eigenvalue weighted by atomic mass is 16.5. The number of hydrogen-bond donors (Lipinski definition) is 1. The van der Waals surface area contributed by atoms with Crippen molar-refractivity contribution >= 4 is 0 Å². The number of rotatable bonds is 3. The van der Waals surface area contributed by atoms with E-state index in [4.69, 9.17) is 10.5 Å². The van der Waals surface area contributed by atoms with Crippen LogP contribution in [0.4, 0.5) is 0 Å². The lowest BCUT2D eigenvalue weighted by molar-refractivity contribution is 0.0227. The Morgan fingerprint density at radius 2 is 2.12 bits per heavy atom. The summed E-state index contributed by atoms with van der Waals surface area (Å²) < 4.78 is 5.58. The zero-order valence-corrected chi connectivity index (χ0v) is 10.7. The molecule has 1 saturated carbocycles. The molecule has 2 rings (SSSR count). The molecule has 94 valence electrons. The normalized spacial score (nSPS) is 40.5. The first kappa shape index (κ1) is 12.3. The number of ether oxygens (including phenoxy) is 1. The first-order chi connectivity index (χ1) is 7.69. The van der Waals surface area contributed by atoms with Crippen LogP contribution in [0.2, 0.25) is 0 Å². The molecule has 3 atom stereocenters. The molecule has 3 nitrogen and oxygen atoms in total. The predicted octanol–water partition coefficient (Wildman–Crippen LogP) is 1.61. The first-order valence-electron chi connectivity index (χ1n) is 6.70. The maximum absolute atomic E-state index is 6.00. The van der Waals surface area contributed by atoms with Gasteiger partial charge >= 0.3 is 0 Å². The van der Waals surface area contributed by atoms with Crippen LogP contribution in [0.3, 0.4) is 0 Å². The van der Waals surface area contributed by atoms with Gasteiger partial charge in [0.05, 0.1) is 12.1 Å². The van der Waals surface area contributed by atoms with Crippen molar-refractivity contribution in [1.82, 2.24) is 4.90 Å². The molecule has 1 heterocycles. The topological polar surface area (TPSA) is 38.5 Å². The highest BCUT2D eigenvalue weighted by molar-refractivity contribution is 4.97. The molecule has 0 aromatic heterocycles. The van der Waals surface area contributed by atoms with Gasteiger partial charge in [-0.05, 0) is 32.2 Å². The van der Waals surface area contributed by atoms with Crippen molar-refractivity contribution in [2.45, 2.75) is 50.6 Å². The molecule has 1 aliphatic heterocycles. The van der Waals surface area contributed by atoms with Gasteiger partial charge in [0.2, 0.25) is 0 Å². The summed E-state index contributed by atoms with van der Waals surface area (Å²) in [6, 6.07) is 0.707. The third-order valence-electron chi connectivity index (χ3n) is 4.77. The van der Waals surface area contributed by atoms with Gasteiger partial charge in [-0.2, -0.15) is 0 Å². The molecule has 0 bridgehead atoms. The summed E-state index contributed by atoms with van der Waals surface area (Å²) in [6.45, 7) is 4.82. The molecular formula is C13H26N2O. The summed E-state index contributed by atoms with van der Waals surface area (Å²) in [7, 11) is 2.26. The van der Waals surface area contributed by atoms with E-state index in [-0.39, 0.29) is 5.54 Å². The highest BCUT2D eigenvalue weighted by Crippen LogP contribution is 2.34. The van der Waals surface area contributed by atoms with E-state index >= 15 is 0 Å². The minimum absolute atomic E-state index is 0.121. The highest BCUT2D eigenvalue weighted by Gasteiger charge is 2.42. The van der Waals surface area contributed by atoms with Crippen LogP contribution in [0.25, 0.3) is 0 Å². The van der Waals surface area contributed by atoms with Gasteiger partial charge in [0.1, 0.15) is 0 Å². The van der Waals surface area contributed by atoms with Crippen LogP contribution < -0.4 is 5.73 Å². The van der Waals surface area contributed by atoms with Crippen molar-refractivity contribution in [2.75, 3.05) is 26.8 Å². The van der Waals surface area contributed by atoms with Crippen LogP contribution >= 0.6 is 0 Å². The van der Waals surface area contributed by atoms with Gasteiger partial charge < -0.3 is 10.5 Å². The Kier molecular flexibility index (Phi) is 3.88. The van der Waals surface area contributed by atoms with Crippen molar-refractivity contribution in [3.63, 3.8) is 0 Å². The molecule has 1 aliphatic carbocycles. The van der Waals surface area contributed by atoms with Crippen LogP contribution in [-0.4, -0.2) is 43.3 Å². The van der Waals surface area contributed by atoms with Crippen LogP contribution in [0.15, 0.2) is 0 Å². The maximum atomic E-state index is 6.00. The minimum Gasteiger partial charge on any atom is -0.379 e. The Hall–Kier alpha value is -0.120. The van der Waals surface area contributed by atoms with E-state index in [0.29, 0.717) is 6.04 Å². The van der Waals surface area contributed by atoms with Crippen molar-refractivity contribution in [3.8, 4) is 0 Å². The van der Waals surface area contributed by atoms with Gasteiger partial charge in [0.15, 0.2) is 0 Å². The maximum Gasteiger partial charge on any atom is 0.0663 e. The molecule has 3 unspecified atom stereocenters. The standard InChI is InChI=1S/C13H26N2O/c1-11-5-3-4-6-12(11)15(2)13(9-14)7-8-16-10-13/h11-12H,3-10,14H2,1-2H3. The fraction of sp³-hybridized carbons (Fsp3) is 1.00. The van der Waals surface area contributed by atoms with Crippen molar-refractivity contribution in [2.24, 2.45) is 11.7 Å². The molecule has 16 heavy (non-hydrogen) atoms. The second-order valence-electron chi connectivity index (χ2n) is 5.67. The Labute approximate surface area is 99.3 Å². The monoisotopic (exact) mass is 226 g/mol. The smallest absolute Gasteiger partial charge is 0.0663 e. The van der Waals surface area contributed by atoms with Gasteiger partial charge in [0, 0.05) is 19.2 Å². The average molecular weight is 226 g/mol. The zero-order chi connectivity index (χ0) is 11.6. The van der Waals surface area contributed by atoms with Crippen LogP contribution in [0, 0.1) is 5.92 Å². The SMILES string of the molecule is CC1CCCCC1N(C)C1(CN)CCOC1. The first-order valence-corrected chi connectivity index (χ1v) is 6.70. The van der Waals surface area contributed by atoms with E-state index in [1.54, 1.807) is 0 Å². The third-order valence-corrected chi connectivity index (χ3v) is 4.77. The largest absolute Gasteiger partial charge is 0.379 e. The molecule has 3 heteroatoms. The lowest BCUT2D eigenvalue weighted by Gasteiger charge is -2.46. The number of nitrogens with two attached hydrogens (primary N) is 1. The second-order valence-corrected chi connectivity index (χ2v) is 5.67. The number of hydrogen-bond acceptors (Lipinski definition) is 3. The van der Waals surface area contributed by atoms with Gasteiger partial charge in [0.25, 0.3) is 0 Å². The van der Waals surface area contributed by atoms with Gasteiger partial charge in [-0.3, -0.25) is 4.90 Å². The zero-order valence-electron chi connectivity index (χ0n) is 10.7. The van der Waals surface area contributed by atoms with Gasteiger partial charge in [-0.1, -0.05) is 19.8 Å². The van der Waals surface area contributed by atoms with Crippen LogP contribution in [0.1, 0.15) is 39.0 Å². The lowest BCUT2D eigenvalue weighted by atomic mass is 9.82. The summed E-state index contributed by atoms with van der Waals surface area (Å²) in [6.07, 6.45) is 6.58. The quantitative estimate of drug-likeness (QED) is 0.794. The van der Waals surface area contributed by atoms with Gasteiger partial charge in [-0.15, -0.1) is 0 Å². The molecular weight excluding hydrogens is 200 g/mol. The van der Waals surface area contributed by atoms with E-state index in [9.17, 15) is 0 Å². The minimum atomic E-state index is 0.121. The Morgan fingerprint density at radius 3 is 2.69 bits per heavy atom. The summed E-state index contributed by atoms with van der Waals surface area (Å²) in [5, 5.41) is 0. The Bertz CT molecular complexity index is 226. The molecule has 0 aromatic rings. The fourth-order valence-electron chi connectivity index (χ4n) is 3.40. The lowest BCUT2D eigenvalue weighted by Crippen LogP contribution is -2.58. The van der Waals surface area contributed by atoms with E-state index in [1.807, 2.05) is 0 Å². The van der Waals surface area contributed by atoms with E-state index in [0.717, 1.165) is 32.1 Å². The van der Waals surface area contributed by atoms with E-state index in [2.05, 4.69) is 18.9 Å². The average Bonchev–Trinajstić information content (AvgIpc) is 2.78. The summed E-state index contributed by atoms with van der Waals surface area (Å²) in [4.78, 5) is 2.55. The van der Waals surface area contributed by atoms with Crippen LogP contribution in [-0.2, 0) is 4.74 Å². The Balaban J connectivity index is 2.06. The molecule has 0 spiro atoms. The molecule has 1 saturated heterocycles. The van der Waals surface area contributed by atoms with Crippen molar-refractivity contribution in [1.29, 1.82) is 0 Å². The predicted molar refractivity (Wildman–Crippen MR) is 66.4 cm³/mol. The summed E-state index contributed by atoms with van der Waals surface area (Å²) in [5.41, 5.74) is 6.12. The van der Waals surface area contributed by atoms with Crippen LogP contribution in [0.5, 0.6) is 0 Å². The molecule has 2 fully saturated rings. The fourth-order valence-corrected chi connectivity index (χ4v) is 3.40. The second kappa shape index (κ2) is 5.03. The molecule has 2 N–H and O–H groups in total. The number of likely N-dealkylation sites (N-methyl/N-ethyl adjacent to an activating group) is 1. The van der Waals surface area contributed by atoms with Crippen molar-refractivity contribution in [3.05, 3.63) is 0 Å². The number of nitrogens with zero attached hydrogens (tertiary/aromatic N) is 1. The molecule has 0 aromatic carbocycles. The third kappa shape index (κ3) is 2.13. The van der Waals surface area contributed by atoms with E-state index in [1.165, 1.54) is 25.7 Å². The van der Waals surface area contributed by atoms with Gasteiger partial charge in [-0.25, -0.2) is 0 Å².